The first-order valence-electron chi connectivity index (χ1n) is 8.17. The normalized spacial score (nSPS) is 19.8. The van der Waals surface area contributed by atoms with Gasteiger partial charge in [0, 0.05) is 30.2 Å². The van der Waals surface area contributed by atoms with E-state index in [0.29, 0.717) is 31.8 Å². The maximum absolute atomic E-state index is 12.4. The Morgan fingerprint density at radius 2 is 2.17 bits per heavy atom. The summed E-state index contributed by atoms with van der Waals surface area (Å²) in [5.74, 6) is 3.50. The lowest BCUT2D eigenvalue weighted by molar-refractivity contribution is -0.131. The van der Waals surface area contributed by atoms with Crippen LogP contribution in [0.5, 0.6) is 0 Å². The number of thiophene rings is 1. The third-order valence-corrected chi connectivity index (χ3v) is 5.67. The van der Waals surface area contributed by atoms with Crippen LogP contribution in [0.1, 0.15) is 49.0 Å². The number of halogens is 1. The van der Waals surface area contributed by atoms with Gasteiger partial charge in [-0.3, -0.25) is 4.79 Å². The third kappa shape index (κ3) is 4.18. The average Bonchev–Trinajstić information content (AvgIpc) is 2.92. The number of furan rings is 1. The fourth-order valence-corrected chi connectivity index (χ4v) is 3.94. The van der Waals surface area contributed by atoms with E-state index in [-0.39, 0.29) is 5.91 Å². The van der Waals surface area contributed by atoms with E-state index >= 15 is 0 Å². The van der Waals surface area contributed by atoms with E-state index in [1.165, 1.54) is 17.8 Å². The molecule has 2 unspecified atom stereocenters. The summed E-state index contributed by atoms with van der Waals surface area (Å²) < 4.78 is 6.64. The number of rotatable bonds is 7. The van der Waals surface area contributed by atoms with E-state index in [9.17, 15) is 4.79 Å². The Morgan fingerprint density at radius 1 is 1.39 bits per heavy atom. The predicted molar refractivity (Wildman–Crippen MR) is 94.0 cm³/mol. The number of nitrogens with zero attached hydrogens (tertiary/aromatic N) is 1. The van der Waals surface area contributed by atoms with E-state index in [1.807, 2.05) is 30.0 Å². The fourth-order valence-electron chi connectivity index (χ4n) is 2.84. The molecule has 5 heteroatoms. The van der Waals surface area contributed by atoms with Crippen molar-refractivity contribution < 1.29 is 9.21 Å². The zero-order chi connectivity index (χ0) is 16.4. The molecule has 1 aliphatic carbocycles. The molecule has 124 valence electrons. The van der Waals surface area contributed by atoms with Crippen molar-refractivity contribution in [3.05, 3.63) is 45.0 Å². The molecule has 23 heavy (non-hydrogen) atoms. The maximum Gasteiger partial charge on any atom is 0.223 e. The van der Waals surface area contributed by atoms with Crippen LogP contribution >= 0.6 is 22.9 Å². The van der Waals surface area contributed by atoms with Crippen molar-refractivity contribution in [1.29, 1.82) is 0 Å². The highest BCUT2D eigenvalue weighted by Gasteiger charge is 2.36. The first kappa shape index (κ1) is 16.6. The lowest BCUT2D eigenvalue weighted by Gasteiger charge is -2.19. The summed E-state index contributed by atoms with van der Waals surface area (Å²) in [5, 5.41) is 0. The second-order valence-electron chi connectivity index (χ2n) is 6.24. The van der Waals surface area contributed by atoms with Gasteiger partial charge in [-0.15, -0.1) is 11.3 Å². The van der Waals surface area contributed by atoms with Crippen LogP contribution in [0.2, 0.25) is 4.34 Å². The summed E-state index contributed by atoms with van der Waals surface area (Å²) >= 11 is 7.48. The number of hydrogen-bond donors (Lipinski definition) is 0. The van der Waals surface area contributed by atoms with E-state index in [2.05, 4.69) is 13.0 Å². The molecule has 1 amide bonds. The van der Waals surface area contributed by atoms with Crippen molar-refractivity contribution in [2.45, 2.75) is 45.6 Å². The molecule has 2 aromatic rings. The summed E-state index contributed by atoms with van der Waals surface area (Å²) in [6, 6.07) is 7.95. The molecule has 0 aromatic carbocycles. The number of amides is 1. The minimum Gasteiger partial charge on any atom is -0.466 e. The Kier molecular flexibility index (Phi) is 5.12. The first-order valence-corrected chi connectivity index (χ1v) is 9.37. The number of carbonyl (C=O) groups is 1. The maximum atomic E-state index is 12.4. The van der Waals surface area contributed by atoms with Crippen LogP contribution in [0.3, 0.4) is 0 Å². The Balaban J connectivity index is 1.51. The second kappa shape index (κ2) is 7.10. The molecule has 1 aliphatic rings. The lowest BCUT2D eigenvalue weighted by Crippen LogP contribution is -2.30. The van der Waals surface area contributed by atoms with Gasteiger partial charge in [-0.05, 0) is 43.5 Å². The molecule has 2 aromatic heterocycles. The van der Waals surface area contributed by atoms with Crippen molar-refractivity contribution in [3.8, 4) is 0 Å². The van der Waals surface area contributed by atoms with Crippen LogP contribution in [0, 0.1) is 5.92 Å². The van der Waals surface area contributed by atoms with Crippen LogP contribution in [0.25, 0.3) is 0 Å². The van der Waals surface area contributed by atoms with Crippen molar-refractivity contribution in [3.63, 3.8) is 0 Å². The third-order valence-electron chi connectivity index (χ3n) is 4.45. The van der Waals surface area contributed by atoms with Gasteiger partial charge in [0.1, 0.15) is 11.5 Å². The SMILES string of the molecule is CCN(Cc1ccc(Cl)s1)C(=O)CCc1ccc(C2CC2C)o1. The summed E-state index contributed by atoms with van der Waals surface area (Å²) in [7, 11) is 0. The molecular weight excluding hydrogens is 330 g/mol. The number of carbonyl (C=O) groups excluding carboxylic acids is 1. The fraction of sp³-hybridized carbons (Fsp3) is 0.500. The van der Waals surface area contributed by atoms with Gasteiger partial charge in [-0.25, -0.2) is 0 Å². The summed E-state index contributed by atoms with van der Waals surface area (Å²) in [6.45, 7) is 5.59. The molecule has 3 nitrogen and oxygen atoms in total. The minimum absolute atomic E-state index is 0.162. The van der Waals surface area contributed by atoms with Crippen molar-refractivity contribution in [1.82, 2.24) is 4.90 Å². The molecular formula is C18H22ClNO2S. The van der Waals surface area contributed by atoms with Crippen molar-refractivity contribution in [2.24, 2.45) is 5.92 Å². The van der Waals surface area contributed by atoms with E-state index in [0.717, 1.165) is 26.7 Å². The summed E-state index contributed by atoms with van der Waals surface area (Å²) in [6.07, 6.45) is 2.38. The van der Waals surface area contributed by atoms with Gasteiger partial charge in [0.2, 0.25) is 5.91 Å². The quantitative estimate of drug-likeness (QED) is 0.695. The molecule has 0 N–H and O–H groups in total. The topological polar surface area (TPSA) is 33.5 Å². The zero-order valence-corrected chi connectivity index (χ0v) is 15.1. The number of aryl methyl sites for hydroxylation is 1. The Morgan fingerprint density at radius 3 is 2.78 bits per heavy atom. The van der Waals surface area contributed by atoms with Crippen LogP contribution in [0.15, 0.2) is 28.7 Å². The largest absolute Gasteiger partial charge is 0.466 e. The molecule has 1 fully saturated rings. The molecule has 0 radical (unpaired) electrons. The molecule has 2 heterocycles. The highest BCUT2D eigenvalue weighted by molar-refractivity contribution is 7.16. The average molecular weight is 352 g/mol. The second-order valence-corrected chi connectivity index (χ2v) is 8.04. The van der Waals surface area contributed by atoms with Gasteiger partial charge in [-0.1, -0.05) is 18.5 Å². The predicted octanol–water partition coefficient (Wildman–Crippen LogP) is 5.10. The lowest BCUT2D eigenvalue weighted by atomic mass is 10.2. The van der Waals surface area contributed by atoms with Gasteiger partial charge in [-0.2, -0.15) is 0 Å². The zero-order valence-electron chi connectivity index (χ0n) is 13.5. The van der Waals surface area contributed by atoms with Gasteiger partial charge in [0.25, 0.3) is 0 Å². The molecule has 2 atom stereocenters. The Labute approximate surface area is 146 Å². The van der Waals surface area contributed by atoms with E-state index < -0.39 is 0 Å². The van der Waals surface area contributed by atoms with Crippen LogP contribution < -0.4 is 0 Å². The standard InChI is InChI=1S/C18H22ClNO2S/c1-3-20(11-14-6-8-17(19)23-14)18(21)9-5-13-4-7-16(22-13)15-10-12(15)2/h4,6-8,12,15H,3,5,9-11H2,1-2H3. The molecule has 3 rings (SSSR count). The Bertz CT molecular complexity index is 678. The summed E-state index contributed by atoms with van der Waals surface area (Å²) in [4.78, 5) is 15.4. The first-order chi connectivity index (χ1) is 11.1. The molecule has 0 aliphatic heterocycles. The Hall–Kier alpha value is -1.26. The highest BCUT2D eigenvalue weighted by atomic mass is 35.5. The van der Waals surface area contributed by atoms with Gasteiger partial charge in [0.05, 0.1) is 10.9 Å². The smallest absolute Gasteiger partial charge is 0.223 e. The van der Waals surface area contributed by atoms with Crippen LogP contribution in [0.4, 0.5) is 0 Å². The van der Waals surface area contributed by atoms with E-state index in [1.54, 1.807) is 0 Å². The van der Waals surface area contributed by atoms with Gasteiger partial charge in [0.15, 0.2) is 0 Å². The van der Waals surface area contributed by atoms with Crippen molar-refractivity contribution >= 4 is 28.8 Å². The molecule has 1 saturated carbocycles. The van der Waals surface area contributed by atoms with Crippen molar-refractivity contribution in [2.75, 3.05) is 6.54 Å². The van der Waals surface area contributed by atoms with Gasteiger partial charge < -0.3 is 9.32 Å². The monoisotopic (exact) mass is 351 g/mol. The minimum atomic E-state index is 0.162. The highest BCUT2D eigenvalue weighted by Crippen LogP contribution is 2.47. The van der Waals surface area contributed by atoms with Gasteiger partial charge >= 0.3 is 0 Å². The summed E-state index contributed by atoms with van der Waals surface area (Å²) in [5.41, 5.74) is 0. The molecule has 0 bridgehead atoms. The van der Waals surface area contributed by atoms with Crippen LogP contribution in [-0.2, 0) is 17.8 Å². The van der Waals surface area contributed by atoms with E-state index in [4.69, 9.17) is 16.0 Å². The molecule has 0 spiro atoms. The number of hydrogen-bond acceptors (Lipinski definition) is 3. The molecule has 0 saturated heterocycles. The van der Waals surface area contributed by atoms with Crippen LogP contribution in [-0.4, -0.2) is 17.4 Å².